The Hall–Kier alpha value is -1.33. The number of aryl methyl sites for hydroxylation is 1. The normalized spacial score (nSPS) is 11.7. The van der Waals surface area contributed by atoms with E-state index in [9.17, 15) is 18.0 Å². The lowest BCUT2D eigenvalue weighted by Gasteiger charge is -2.02. The van der Waals surface area contributed by atoms with Crippen molar-refractivity contribution in [3.05, 3.63) is 18.0 Å². The molecule has 0 radical (unpaired) electrons. The molecular weight excluding hydrogens is 185 g/mol. The first-order valence-electron chi connectivity index (χ1n) is 3.48. The van der Waals surface area contributed by atoms with E-state index >= 15 is 0 Å². The van der Waals surface area contributed by atoms with Gasteiger partial charge in [-0.15, -0.1) is 0 Å². The average Bonchev–Trinajstić information content (AvgIpc) is 2.31. The molecule has 72 valence electrons. The van der Waals surface area contributed by atoms with Crippen LogP contribution in [0.1, 0.15) is 16.9 Å². The number of rotatable bonds is 2. The maximum absolute atomic E-state index is 11.7. The molecule has 1 heterocycles. The maximum atomic E-state index is 11.7. The van der Waals surface area contributed by atoms with Crippen LogP contribution in [0.3, 0.4) is 0 Å². The predicted molar refractivity (Wildman–Crippen MR) is 38.2 cm³/mol. The smallest absolute Gasteiger partial charge is 0.292 e. The van der Waals surface area contributed by atoms with Crippen molar-refractivity contribution < 1.29 is 18.0 Å². The number of hydrogen-bond donors (Lipinski definition) is 0. The van der Waals surface area contributed by atoms with E-state index in [-0.39, 0.29) is 5.69 Å². The van der Waals surface area contributed by atoms with E-state index in [1.54, 1.807) is 0 Å². The number of carbonyl (C=O) groups excluding carboxylic acids is 1. The number of carbonyl (C=O) groups is 1. The molecule has 0 unspecified atom stereocenters. The fraction of sp³-hybridized carbons (Fsp3) is 0.429. The van der Waals surface area contributed by atoms with Crippen LogP contribution in [-0.4, -0.2) is 21.7 Å². The molecule has 13 heavy (non-hydrogen) atoms. The highest BCUT2D eigenvalue weighted by atomic mass is 19.4. The molecular formula is C7H7F3N2O. The van der Waals surface area contributed by atoms with Crippen molar-refractivity contribution in [1.29, 1.82) is 0 Å². The van der Waals surface area contributed by atoms with Gasteiger partial charge in [-0.3, -0.25) is 9.48 Å². The van der Waals surface area contributed by atoms with Crippen LogP contribution in [0.4, 0.5) is 13.2 Å². The highest BCUT2D eigenvalue weighted by Gasteiger charge is 2.32. The second kappa shape index (κ2) is 3.20. The predicted octanol–water partition coefficient (Wildman–Crippen LogP) is 1.56. The molecule has 0 aromatic carbocycles. The first-order valence-corrected chi connectivity index (χ1v) is 3.48. The molecule has 0 atom stereocenters. The molecule has 0 fully saturated rings. The van der Waals surface area contributed by atoms with E-state index in [1.165, 1.54) is 24.0 Å². The minimum Gasteiger partial charge on any atom is -0.292 e. The van der Waals surface area contributed by atoms with Gasteiger partial charge in [-0.05, 0) is 6.07 Å². The van der Waals surface area contributed by atoms with Crippen LogP contribution in [-0.2, 0) is 7.05 Å². The molecule has 1 aromatic rings. The summed E-state index contributed by atoms with van der Waals surface area (Å²) in [6.45, 7) is 0. The van der Waals surface area contributed by atoms with Gasteiger partial charge in [0.1, 0.15) is 12.1 Å². The highest BCUT2D eigenvalue weighted by Crippen LogP contribution is 2.21. The molecule has 1 aromatic heterocycles. The largest absolute Gasteiger partial charge is 0.396 e. The van der Waals surface area contributed by atoms with Gasteiger partial charge >= 0.3 is 6.18 Å². The van der Waals surface area contributed by atoms with Crippen LogP contribution in [0.15, 0.2) is 12.3 Å². The Morgan fingerprint density at radius 1 is 1.62 bits per heavy atom. The number of aromatic nitrogens is 2. The maximum Gasteiger partial charge on any atom is 0.396 e. The Labute approximate surface area is 72.2 Å². The van der Waals surface area contributed by atoms with Gasteiger partial charge in [0, 0.05) is 13.2 Å². The Kier molecular flexibility index (Phi) is 2.40. The summed E-state index contributed by atoms with van der Waals surface area (Å²) >= 11 is 0. The van der Waals surface area contributed by atoms with Crippen molar-refractivity contribution in [2.75, 3.05) is 0 Å². The first kappa shape index (κ1) is 9.76. The van der Waals surface area contributed by atoms with Crippen LogP contribution >= 0.6 is 0 Å². The van der Waals surface area contributed by atoms with Gasteiger partial charge in [0.2, 0.25) is 0 Å². The third-order valence-corrected chi connectivity index (χ3v) is 1.36. The summed E-state index contributed by atoms with van der Waals surface area (Å²) in [5, 5.41) is 3.56. The second-order valence-corrected chi connectivity index (χ2v) is 2.59. The summed E-state index contributed by atoms with van der Waals surface area (Å²) in [5.41, 5.74) is -0.153. The molecule has 0 bridgehead atoms. The summed E-state index contributed by atoms with van der Waals surface area (Å²) in [6, 6.07) is 1.26. The molecule has 0 spiro atoms. The number of halogens is 3. The van der Waals surface area contributed by atoms with Gasteiger partial charge in [0.15, 0.2) is 5.78 Å². The van der Waals surface area contributed by atoms with E-state index < -0.39 is 18.4 Å². The van der Waals surface area contributed by atoms with Crippen molar-refractivity contribution in [2.24, 2.45) is 7.05 Å². The van der Waals surface area contributed by atoms with Crippen molar-refractivity contribution in [3.63, 3.8) is 0 Å². The molecule has 0 saturated carbocycles. The molecule has 3 nitrogen and oxygen atoms in total. The number of hydrogen-bond acceptors (Lipinski definition) is 2. The summed E-state index contributed by atoms with van der Waals surface area (Å²) in [7, 11) is 1.53. The third-order valence-electron chi connectivity index (χ3n) is 1.36. The van der Waals surface area contributed by atoms with Gasteiger partial charge in [-0.25, -0.2) is 0 Å². The minimum atomic E-state index is -4.46. The summed E-state index contributed by atoms with van der Waals surface area (Å²) in [5.74, 6) is -1.01. The summed E-state index contributed by atoms with van der Waals surface area (Å²) in [4.78, 5) is 10.9. The van der Waals surface area contributed by atoms with Crippen molar-refractivity contribution in [2.45, 2.75) is 12.6 Å². The van der Waals surface area contributed by atoms with Gasteiger partial charge in [0.05, 0.1) is 0 Å². The zero-order valence-corrected chi connectivity index (χ0v) is 6.80. The topological polar surface area (TPSA) is 34.9 Å². The van der Waals surface area contributed by atoms with Gasteiger partial charge in [0.25, 0.3) is 0 Å². The zero-order valence-electron chi connectivity index (χ0n) is 6.80. The van der Waals surface area contributed by atoms with Crippen LogP contribution in [0.2, 0.25) is 0 Å². The standard InChI is InChI=1S/C7H7F3N2O/c1-12-3-2-5(11-12)6(13)4-7(8,9)10/h2-3H,4H2,1H3. The first-order chi connectivity index (χ1) is 5.88. The monoisotopic (exact) mass is 192 g/mol. The quantitative estimate of drug-likeness (QED) is 0.666. The fourth-order valence-corrected chi connectivity index (χ4v) is 0.836. The molecule has 0 aliphatic heterocycles. The second-order valence-electron chi connectivity index (χ2n) is 2.59. The van der Waals surface area contributed by atoms with E-state index in [2.05, 4.69) is 5.10 Å². The molecule has 0 aliphatic carbocycles. The molecule has 6 heteroatoms. The Balaban J connectivity index is 2.70. The molecule has 1 rings (SSSR count). The van der Waals surface area contributed by atoms with Crippen LogP contribution < -0.4 is 0 Å². The van der Waals surface area contributed by atoms with E-state index in [0.717, 1.165) is 0 Å². The van der Waals surface area contributed by atoms with Crippen molar-refractivity contribution >= 4 is 5.78 Å². The number of nitrogens with zero attached hydrogens (tertiary/aromatic N) is 2. The van der Waals surface area contributed by atoms with Crippen LogP contribution in [0.25, 0.3) is 0 Å². The Bertz CT molecular complexity index is 316. The zero-order chi connectivity index (χ0) is 10.1. The number of alkyl halides is 3. The third kappa shape index (κ3) is 2.89. The van der Waals surface area contributed by atoms with E-state index in [1.807, 2.05) is 0 Å². The highest BCUT2D eigenvalue weighted by molar-refractivity contribution is 5.94. The Morgan fingerprint density at radius 3 is 2.62 bits per heavy atom. The SMILES string of the molecule is Cn1ccc(C(=O)CC(F)(F)F)n1. The summed E-state index contributed by atoms with van der Waals surface area (Å²) in [6.07, 6.45) is -4.50. The fourth-order valence-electron chi connectivity index (χ4n) is 0.836. The van der Waals surface area contributed by atoms with E-state index in [0.29, 0.717) is 0 Å². The lowest BCUT2D eigenvalue weighted by Crippen LogP contribution is -2.15. The van der Waals surface area contributed by atoms with Gasteiger partial charge < -0.3 is 0 Å². The molecule has 0 saturated heterocycles. The average molecular weight is 192 g/mol. The number of ketones is 1. The molecule has 0 N–H and O–H groups in total. The molecule has 0 aliphatic rings. The van der Waals surface area contributed by atoms with Crippen LogP contribution in [0.5, 0.6) is 0 Å². The van der Waals surface area contributed by atoms with Crippen molar-refractivity contribution in [3.8, 4) is 0 Å². The number of Topliss-reactive ketones (excluding diaryl/α,β-unsaturated/α-hetero) is 1. The van der Waals surface area contributed by atoms with Crippen LogP contribution in [0, 0.1) is 0 Å². The van der Waals surface area contributed by atoms with Crippen molar-refractivity contribution in [1.82, 2.24) is 9.78 Å². The lowest BCUT2D eigenvalue weighted by atomic mass is 10.2. The van der Waals surface area contributed by atoms with Gasteiger partial charge in [-0.1, -0.05) is 0 Å². The van der Waals surface area contributed by atoms with E-state index in [4.69, 9.17) is 0 Å². The minimum absolute atomic E-state index is 0.153. The lowest BCUT2D eigenvalue weighted by molar-refractivity contribution is -0.125. The Morgan fingerprint density at radius 2 is 2.23 bits per heavy atom. The summed E-state index contributed by atoms with van der Waals surface area (Å²) < 4.78 is 36.5. The molecule has 0 amide bonds. The van der Waals surface area contributed by atoms with Gasteiger partial charge in [-0.2, -0.15) is 18.3 Å².